The minimum atomic E-state index is 1.03. The van der Waals surface area contributed by atoms with Gasteiger partial charge in [-0.2, -0.15) is 16.9 Å². The molecule has 0 aliphatic carbocycles. The first-order valence-corrected chi connectivity index (χ1v) is 8.66. The Morgan fingerprint density at radius 3 is 3.00 bits per heavy atom. The Kier molecular flexibility index (Phi) is 4.01. The Hall–Kier alpha value is -1.42. The zero-order chi connectivity index (χ0) is 13.9. The quantitative estimate of drug-likeness (QED) is 0.915. The fourth-order valence-corrected chi connectivity index (χ4v) is 3.23. The number of nitrogens with one attached hydrogen (secondary N) is 1. The van der Waals surface area contributed by atoms with Crippen molar-refractivity contribution >= 4 is 17.6 Å². The Labute approximate surface area is 124 Å². The van der Waals surface area contributed by atoms with Crippen LogP contribution in [0, 0.1) is 0 Å². The lowest BCUT2D eigenvalue weighted by Gasteiger charge is -2.10. The largest absolute Gasteiger partial charge is 0.369 e. The van der Waals surface area contributed by atoms with Gasteiger partial charge in [0.05, 0.1) is 11.4 Å². The number of rotatable bonds is 5. The predicted octanol–water partition coefficient (Wildman–Crippen LogP) is 3.31. The number of nitrogens with zero attached hydrogens (tertiary/aromatic N) is 2. The van der Waals surface area contributed by atoms with Crippen LogP contribution in [0.2, 0.25) is 0 Å². The maximum absolute atomic E-state index is 4.89. The first-order chi connectivity index (χ1) is 9.85. The first kappa shape index (κ1) is 13.6. The van der Waals surface area contributed by atoms with Crippen molar-refractivity contribution < 1.29 is 0 Å². The zero-order valence-corrected chi connectivity index (χ0v) is 13.0. The van der Waals surface area contributed by atoms with Gasteiger partial charge in [0.2, 0.25) is 0 Å². The van der Waals surface area contributed by atoms with Crippen molar-refractivity contribution in [1.82, 2.24) is 9.78 Å². The van der Waals surface area contributed by atoms with Crippen molar-refractivity contribution in [3.8, 4) is 5.69 Å². The molecule has 1 aliphatic rings. The van der Waals surface area contributed by atoms with Crippen molar-refractivity contribution in [2.24, 2.45) is 0 Å². The molecule has 106 valence electrons. The van der Waals surface area contributed by atoms with E-state index in [1.165, 1.54) is 28.3 Å². The van der Waals surface area contributed by atoms with Gasteiger partial charge in [-0.1, -0.05) is 25.1 Å². The molecule has 0 bridgehead atoms. The summed E-state index contributed by atoms with van der Waals surface area (Å²) in [6.07, 6.45) is 5.35. The highest BCUT2D eigenvalue weighted by atomic mass is 32.2. The highest BCUT2D eigenvalue weighted by molar-refractivity contribution is 7.98. The molecule has 0 radical (unpaired) electrons. The summed E-state index contributed by atoms with van der Waals surface area (Å²) < 4.78 is 2.12. The average molecular weight is 287 g/mol. The molecule has 0 amide bonds. The lowest BCUT2D eigenvalue weighted by Crippen LogP contribution is -2.07. The van der Waals surface area contributed by atoms with Gasteiger partial charge in [0.1, 0.15) is 5.82 Å². The van der Waals surface area contributed by atoms with Gasteiger partial charge in [-0.05, 0) is 36.5 Å². The summed E-state index contributed by atoms with van der Waals surface area (Å²) in [6.45, 7) is 3.23. The minimum absolute atomic E-state index is 1.03. The summed E-state index contributed by atoms with van der Waals surface area (Å²) in [6, 6.07) is 8.57. The van der Waals surface area contributed by atoms with E-state index in [1.807, 2.05) is 11.8 Å². The van der Waals surface area contributed by atoms with Crippen LogP contribution in [0.3, 0.4) is 0 Å². The maximum Gasteiger partial charge on any atom is 0.133 e. The summed E-state index contributed by atoms with van der Waals surface area (Å²) in [5.74, 6) is 2.35. The van der Waals surface area contributed by atoms with Crippen molar-refractivity contribution in [2.75, 3.05) is 23.9 Å². The van der Waals surface area contributed by atoms with E-state index < -0.39 is 0 Å². The van der Waals surface area contributed by atoms with Gasteiger partial charge < -0.3 is 5.32 Å². The van der Waals surface area contributed by atoms with Crippen LogP contribution >= 0.6 is 11.8 Å². The molecule has 1 aromatic carbocycles. The molecule has 20 heavy (non-hydrogen) atoms. The second-order valence-corrected chi connectivity index (χ2v) is 6.07. The molecule has 3 nitrogen and oxygen atoms in total. The monoisotopic (exact) mass is 287 g/mol. The Morgan fingerprint density at radius 1 is 1.35 bits per heavy atom. The number of aryl methyl sites for hydroxylation is 2. The number of thioether (sulfide) groups is 1. The van der Waals surface area contributed by atoms with Gasteiger partial charge in [0.25, 0.3) is 0 Å². The van der Waals surface area contributed by atoms with E-state index in [0.717, 1.165) is 31.6 Å². The van der Waals surface area contributed by atoms with Crippen LogP contribution in [0.15, 0.2) is 24.3 Å². The predicted molar refractivity (Wildman–Crippen MR) is 87.2 cm³/mol. The molecule has 4 heteroatoms. The fourth-order valence-electron chi connectivity index (χ4n) is 2.84. The molecule has 2 aromatic rings. The molecule has 1 aliphatic heterocycles. The second kappa shape index (κ2) is 5.92. The Balaban J connectivity index is 2.05. The van der Waals surface area contributed by atoms with E-state index in [9.17, 15) is 0 Å². The number of para-hydroxylation sites is 1. The number of hydrogen-bond donors (Lipinski definition) is 1. The van der Waals surface area contributed by atoms with Gasteiger partial charge in [-0.3, -0.25) is 0 Å². The molecule has 1 N–H and O–H groups in total. The fraction of sp³-hybridized carbons (Fsp3) is 0.438. The molecule has 0 atom stereocenters. The maximum atomic E-state index is 4.89. The Morgan fingerprint density at radius 2 is 2.20 bits per heavy atom. The second-order valence-electron chi connectivity index (χ2n) is 5.09. The number of anilines is 1. The van der Waals surface area contributed by atoms with Crippen LogP contribution in [0.1, 0.15) is 23.7 Å². The summed E-state index contributed by atoms with van der Waals surface area (Å²) in [7, 11) is 0. The Bertz CT molecular complexity index is 604. The lowest BCUT2D eigenvalue weighted by molar-refractivity contribution is 0.824. The van der Waals surface area contributed by atoms with Crippen LogP contribution in [0.4, 0.5) is 5.82 Å². The van der Waals surface area contributed by atoms with Crippen molar-refractivity contribution in [2.45, 2.75) is 26.2 Å². The summed E-state index contributed by atoms with van der Waals surface area (Å²) in [5, 5.41) is 8.40. The summed E-state index contributed by atoms with van der Waals surface area (Å²) >= 11 is 1.88. The van der Waals surface area contributed by atoms with E-state index >= 15 is 0 Å². The molecule has 0 saturated carbocycles. The standard InChI is InChI=1S/C16H21N3S/c1-3-12-6-4-5-7-15(12)19-16-13(8-10-17-16)14(18-19)9-11-20-2/h4-7,17H,3,8-11H2,1-2H3. The number of aromatic nitrogens is 2. The van der Waals surface area contributed by atoms with E-state index in [4.69, 9.17) is 5.10 Å². The van der Waals surface area contributed by atoms with Crippen molar-refractivity contribution in [3.05, 3.63) is 41.1 Å². The molecule has 3 rings (SSSR count). The van der Waals surface area contributed by atoms with Crippen LogP contribution in [-0.2, 0) is 19.3 Å². The smallest absolute Gasteiger partial charge is 0.133 e. The van der Waals surface area contributed by atoms with Gasteiger partial charge in [0, 0.05) is 18.5 Å². The minimum Gasteiger partial charge on any atom is -0.369 e. The normalized spacial score (nSPS) is 13.3. The number of benzene rings is 1. The number of hydrogen-bond acceptors (Lipinski definition) is 3. The molecule has 2 heterocycles. The molecule has 0 unspecified atom stereocenters. The number of fused-ring (bicyclic) bond motifs is 1. The molecule has 0 spiro atoms. The van der Waals surface area contributed by atoms with Crippen molar-refractivity contribution in [1.29, 1.82) is 0 Å². The topological polar surface area (TPSA) is 29.9 Å². The summed E-state index contributed by atoms with van der Waals surface area (Å²) in [5.41, 5.74) is 5.26. The highest BCUT2D eigenvalue weighted by Crippen LogP contribution is 2.30. The SMILES string of the molecule is CCc1ccccc1-n1nc(CCSC)c2c1NCC2. The van der Waals surface area contributed by atoms with Gasteiger partial charge in [-0.25, -0.2) is 4.68 Å². The van der Waals surface area contributed by atoms with Gasteiger partial charge in [0.15, 0.2) is 0 Å². The molecule has 1 aromatic heterocycles. The van der Waals surface area contributed by atoms with Crippen molar-refractivity contribution in [3.63, 3.8) is 0 Å². The van der Waals surface area contributed by atoms with E-state index in [-0.39, 0.29) is 0 Å². The van der Waals surface area contributed by atoms with Crippen LogP contribution in [-0.4, -0.2) is 28.3 Å². The zero-order valence-electron chi connectivity index (χ0n) is 12.1. The third-order valence-corrected chi connectivity index (χ3v) is 4.49. The lowest BCUT2D eigenvalue weighted by atomic mass is 10.1. The van der Waals surface area contributed by atoms with Gasteiger partial charge in [-0.15, -0.1) is 0 Å². The molecule has 0 fully saturated rings. The molecular weight excluding hydrogens is 266 g/mol. The molecular formula is C16H21N3S. The van der Waals surface area contributed by atoms with E-state index in [2.05, 4.69) is 47.4 Å². The van der Waals surface area contributed by atoms with Gasteiger partial charge >= 0.3 is 0 Å². The average Bonchev–Trinajstić information content (AvgIpc) is 3.08. The van der Waals surface area contributed by atoms with Crippen LogP contribution < -0.4 is 5.32 Å². The van der Waals surface area contributed by atoms with Crippen LogP contribution in [0.25, 0.3) is 5.69 Å². The van der Waals surface area contributed by atoms with E-state index in [1.54, 1.807) is 0 Å². The third-order valence-electron chi connectivity index (χ3n) is 3.88. The third kappa shape index (κ3) is 2.33. The summed E-state index contributed by atoms with van der Waals surface area (Å²) in [4.78, 5) is 0. The van der Waals surface area contributed by atoms with E-state index in [0.29, 0.717) is 0 Å². The first-order valence-electron chi connectivity index (χ1n) is 7.27. The highest BCUT2D eigenvalue weighted by Gasteiger charge is 2.23. The molecule has 0 saturated heterocycles. The van der Waals surface area contributed by atoms with Crippen LogP contribution in [0.5, 0.6) is 0 Å².